The molecule has 0 amide bonds. The molecule has 3 aliphatic heterocycles. The molecule has 0 radical (unpaired) electrons. The second kappa shape index (κ2) is 9.19. The van der Waals surface area contributed by atoms with Gasteiger partial charge >= 0.3 is 0 Å². The first kappa shape index (κ1) is 18.9. The predicted octanol–water partition coefficient (Wildman–Crippen LogP) is 0.874. The molecule has 0 aromatic carbocycles. The number of aliphatic imine (C=N–C) groups is 1. The first-order valence-corrected chi connectivity index (χ1v) is 10.3. The quantitative estimate of drug-likeness (QED) is 0.469. The van der Waals surface area contributed by atoms with E-state index in [1.807, 2.05) is 0 Å². The standard InChI is InChI=1S/C19H37N5O/c1-2-20-18(21-14-17-15-23-9-11-24(17)12-10-23)22-16-19(8-13-25)6-4-3-5-7-19/h17,25H,2-16H2,1H3,(H2,20,21,22). The summed E-state index contributed by atoms with van der Waals surface area (Å²) < 4.78 is 0. The number of nitrogens with zero attached hydrogens (tertiary/aromatic N) is 3. The molecule has 2 bridgehead atoms. The van der Waals surface area contributed by atoms with Crippen molar-refractivity contribution in [1.29, 1.82) is 0 Å². The minimum Gasteiger partial charge on any atom is -0.396 e. The molecule has 3 N–H and O–H groups in total. The maximum absolute atomic E-state index is 9.50. The Labute approximate surface area is 153 Å². The fraction of sp³-hybridized carbons (Fsp3) is 0.947. The molecule has 4 aliphatic rings. The van der Waals surface area contributed by atoms with E-state index >= 15 is 0 Å². The van der Waals surface area contributed by atoms with Gasteiger partial charge in [-0.2, -0.15) is 0 Å². The van der Waals surface area contributed by atoms with Crippen LogP contribution in [0.1, 0.15) is 45.4 Å². The Morgan fingerprint density at radius 1 is 1.12 bits per heavy atom. The van der Waals surface area contributed by atoms with Gasteiger partial charge in [0.05, 0.1) is 0 Å². The minimum atomic E-state index is 0.217. The average Bonchev–Trinajstić information content (AvgIpc) is 2.66. The Bertz CT molecular complexity index is 422. The largest absolute Gasteiger partial charge is 0.396 e. The first-order valence-electron chi connectivity index (χ1n) is 10.3. The van der Waals surface area contributed by atoms with E-state index in [9.17, 15) is 5.11 Å². The van der Waals surface area contributed by atoms with Crippen molar-refractivity contribution in [2.24, 2.45) is 10.4 Å². The summed E-state index contributed by atoms with van der Waals surface area (Å²) in [6, 6.07) is 0.604. The molecule has 144 valence electrons. The molecule has 1 atom stereocenters. The van der Waals surface area contributed by atoms with E-state index in [1.165, 1.54) is 64.8 Å². The van der Waals surface area contributed by atoms with Crippen molar-refractivity contribution < 1.29 is 5.11 Å². The van der Waals surface area contributed by atoms with Gasteiger partial charge < -0.3 is 15.7 Å². The Balaban J connectivity index is 1.54. The van der Waals surface area contributed by atoms with E-state index < -0.39 is 0 Å². The van der Waals surface area contributed by atoms with E-state index in [0.717, 1.165) is 32.0 Å². The van der Waals surface area contributed by atoms with Gasteiger partial charge in [0.1, 0.15) is 0 Å². The van der Waals surface area contributed by atoms with Crippen LogP contribution in [0.3, 0.4) is 0 Å². The summed E-state index contributed by atoms with van der Waals surface area (Å²) in [7, 11) is 0. The Morgan fingerprint density at radius 2 is 1.88 bits per heavy atom. The van der Waals surface area contributed by atoms with Crippen molar-refractivity contribution in [3.05, 3.63) is 0 Å². The normalized spacial score (nSPS) is 31.8. The number of aliphatic hydroxyl groups is 1. The topological polar surface area (TPSA) is 63.1 Å². The maximum Gasteiger partial charge on any atom is 0.191 e. The first-order chi connectivity index (χ1) is 12.2. The molecule has 4 rings (SSSR count). The van der Waals surface area contributed by atoms with Crippen molar-refractivity contribution in [3.63, 3.8) is 0 Å². The zero-order valence-corrected chi connectivity index (χ0v) is 16.0. The molecule has 6 nitrogen and oxygen atoms in total. The lowest BCUT2D eigenvalue weighted by Crippen LogP contribution is -2.63. The van der Waals surface area contributed by atoms with Gasteiger partial charge in [-0.25, -0.2) is 0 Å². The number of hydrogen-bond acceptors (Lipinski definition) is 4. The summed E-state index contributed by atoms with van der Waals surface area (Å²) in [5.74, 6) is 0.947. The zero-order chi connectivity index (χ0) is 17.5. The van der Waals surface area contributed by atoms with Crippen molar-refractivity contribution >= 4 is 5.96 Å². The molecule has 1 unspecified atom stereocenters. The second-order valence-electron chi connectivity index (χ2n) is 8.10. The van der Waals surface area contributed by atoms with Crippen LogP contribution in [-0.2, 0) is 0 Å². The Hall–Kier alpha value is -0.850. The molecule has 0 spiro atoms. The van der Waals surface area contributed by atoms with E-state index in [2.05, 4.69) is 27.4 Å². The molecule has 0 aromatic rings. The minimum absolute atomic E-state index is 0.217. The van der Waals surface area contributed by atoms with Crippen LogP contribution in [-0.4, -0.2) is 85.9 Å². The molecule has 25 heavy (non-hydrogen) atoms. The number of piperazine rings is 3. The molecular weight excluding hydrogens is 314 g/mol. The summed E-state index contributed by atoms with van der Waals surface area (Å²) in [5.41, 5.74) is 0.217. The van der Waals surface area contributed by atoms with Crippen molar-refractivity contribution in [2.45, 2.75) is 51.5 Å². The molecule has 3 heterocycles. The lowest BCUT2D eigenvalue weighted by molar-refractivity contribution is 0.0154. The molecule has 3 saturated heterocycles. The number of hydrogen-bond donors (Lipinski definition) is 3. The van der Waals surface area contributed by atoms with Crippen LogP contribution in [0.15, 0.2) is 4.99 Å². The van der Waals surface area contributed by atoms with Crippen LogP contribution >= 0.6 is 0 Å². The number of guanidine groups is 1. The van der Waals surface area contributed by atoms with Gasteiger partial charge in [-0.15, -0.1) is 0 Å². The predicted molar refractivity (Wildman–Crippen MR) is 103 cm³/mol. The number of fused-ring (bicyclic) bond motifs is 3. The maximum atomic E-state index is 9.50. The van der Waals surface area contributed by atoms with Crippen molar-refractivity contribution in [1.82, 2.24) is 20.4 Å². The number of nitrogens with one attached hydrogen (secondary N) is 2. The van der Waals surface area contributed by atoms with E-state index in [0.29, 0.717) is 6.04 Å². The Kier molecular flexibility index (Phi) is 6.96. The average molecular weight is 352 g/mol. The van der Waals surface area contributed by atoms with Crippen LogP contribution in [0.25, 0.3) is 0 Å². The number of aliphatic hydroxyl groups excluding tert-OH is 1. The van der Waals surface area contributed by atoms with E-state index in [1.54, 1.807) is 0 Å². The van der Waals surface area contributed by atoms with Crippen LogP contribution < -0.4 is 10.6 Å². The molecule has 1 saturated carbocycles. The van der Waals surface area contributed by atoms with Gasteiger partial charge in [0.25, 0.3) is 0 Å². The summed E-state index contributed by atoms with van der Waals surface area (Å²) in [6.45, 7) is 11.2. The molecular formula is C19H37N5O. The number of rotatable bonds is 7. The van der Waals surface area contributed by atoms with Gasteiger partial charge in [-0.1, -0.05) is 19.3 Å². The summed E-state index contributed by atoms with van der Waals surface area (Å²) >= 11 is 0. The fourth-order valence-electron chi connectivity index (χ4n) is 4.75. The van der Waals surface area contributed by atoms with Crippen LogP contribution in [0, 0.1) is 5.41 Å². The van der Waals surface area contributed by atoms with Gasteiger partial charge in [0.15, 0.2) is 5.96 Å². The fourth-order valence-corrected chi connectivity index (χ4v) is 4.75. The van der Waals surface area contributed by atoms with Crippen LogP contribution in [0.4, 0.5) is 0 Å². The van der Waals surface area contributed by atoms with Crippen LogP contribution in [0.2, 0.25) is 0 Å². The third kappa shape index (κ3) is 5.08. The van der Waals surface area contributed by atoms with Gasteiger partial charge in [0.2, 0.25) is 0 Å². The molecule has 1 aliphatic carbocycles. The highest BCUT2D eigenvalue weighted by Gasteiger charge is 2.33. The third-order valence-corrected chi connectivity index (χ3v) is 6.37. The second-order valence-corrected chi connectivity index (χ2v) is 8.10. The zero-order valence-electron chi connectivity index (χ0n) is 16.0. The third-order valence-electron chi connectivity index (χ3n) is 6.37. The van der Waals surface area contributed by atoms with Gasteiger partial charge in [-0.05, 0) is 31.6 Å². The van der Waals surface area contributed by atoms with Crippen molar-refractivity contribution in [3.8, 4) is 0 Å². The highest BCUT2D eigenvalue weighted by Crippen LogP contribution is 2.39. The van der Waals surface area contributed by atoms with E-state index in [-0.39, 0.29) is 12.0 Å². The smallest absolute Gasteiger partial charge is 0.191 e. The van der Waals surface area contributed by atoms with Crippen molar-refractivity contribution in [2.75, 3.05) is 59.0 Å². The molecule has 0 aromatic heterocycles. The summed E-state index contributed by atoms with van der Waals surface area (Å²) in [4.78, 5) is 10.1. The van der Waals surface area contributed by atoms with Crippen LogP contribution in [0.5, 0.6) is 0 Å². The summed E-state index contributed by atoms with van der Waals surface area (Å²) in [5, 5.41) is 16.5. The van der Waals surface area contributed by atoms with Gasteiger partial charge in [0, 0.05) is 65.0 Å². The highest BCUT2D eigenvalue weighted by atomic mass is 16.3. The lowest BCUT2D eigenvalue weighted by atomic mass is 9.72. The Morgan fingerprint density at radius 3 is 2.48 bits per heavy atom. The lowest BCUT2D eigenvalue weighted by Gasteiger charge is -2.47. The summed E-state index contributed by atoms with van der Waals surface area (Å²) in [6.07, 6.45) is 7.22. The SMILES string of the molecule is CCNC(=NCC1(CCO)CCCCC1)NCC1CN2CCN1CC2. The monoisotopic (exact) mass is 351 g/mol. The van der Waals surface area contributed by atoms with E-state index in [4.69, 9.17) is 4.99 Å². The van der Waals surface area contributed by atoms with Gasteiger partial charge in [-0.3, -0.25) is 14.8 Å². The molecule has 4 fully saturated rings. The highest BCUT2D eigenvalue weighted by molar-refractivity contribution is 5.79. The molecule has 6 heteroatoms.